The summed E-state index contributed by atoms with van der Waals surface area (Å²) < 4.78 is 10.1. The number of carbonyl (C=O) groups is 1. The lowest BCUT2D eigenvalue weighted by molar-refractivity contribution is -0.310. The first kappa shape index (κ1) is 20.5. The van der Waals surface area contributed by atoms with Crippen LogP contribution in [0, 0.1) is 17.4 Å². The summed E-state index contributed by atoms with van der Waals surface area (Å²) in [6, 6.07) is 0. The fourth-order valence-electron chi connectivity index (χ4n) is 2.12. The summed E-state index contributed by atoms with van der Waals surface area (Å²) >= 11 is 0. The standard InChI is InChI=1S/C11H20O8.CHNO/c1-5-6(13)3-11(18-2,10(16)17)19-9(5)8(15)7(14)4-12;2-1-3/h5-9,12-15H,3-4H2,1-2H3,(H,16,17);3H. The molecule has 0 bridgehead atoms. The highest BCUT2D eigenvalue weighted by atomic mass is 16.7. The minimum atomic E-state index is -2.08. The first-order valence-corrected chi connectivity index (χ1v) is 6.35. The van der Waals surface area contributed by atoms with Gasteiger partial charge in [-0.3, -0.25) is 0 Å². The third kappa shape index (κ3) is 4.51. The summed E-state index contributed by atoms with van der Waals surface area (Å²) in [5.74, 6) is -4.14. The number of carboxylic acids is 1. The molecule has 0 aliphatic carbocycles. The van der Waals surface area contributed by atoms with Crippen molar-refractivity contribution in [3.63, 3.8) is 0 Å². The molecule has 6 unspecified atom stereocenters. The van der Waals surface area contributed by atoms with Gasteiger partial charge in [-0.15, -0.1) is 0 Å². The van der Waals surface area contributed by atoms with E-state index in [9.17, 15) is 20.1 Å². The average molecular weight is 323 g/mol. The van der Waals surface area contributed by atoms with Gasteiger partial charge in [0.25, 0.3) is 12.0 Å². The predicted octanol–water partition coefficient (Wildman–Crippen LogP) is -2.25. The van der Waals surface area contributed by atoms with Crippen LogP contribution in [-0.2, 0) is 14.3 Å². The van der Waals surface area contributed by atoms with Crippen LogP contribution in [0.25, 0.3) is 0 Å². The summed E-state index contributed by atoms with van der Waals surface area (Å²) in [6.45, 7) is 0.834. The summed E-state index contributed by atoms with van der Waals surface area (Å²) in [4.78, 5) is 11.2. The molecule has 1 heterocycles. The molecule has 0 spiro atoms. The van der Waals surface area contributed by atoms with Gasteiger partial charge in [-0.2, -0.15) is 5.26 Å². The number of ether oxygens (including phenoxy) is 2. The Morgan fingerprint density at radius 2 is 2.05 bits per heavy atom. The Bertz CT molecular complexity index is 399. The molecule has 0 aromatic rings. The molecule has 0 saturated carbocycles. The van der Waals surface area contributed by atoms with Crippen LogP contribution < -0.4 is 0 Å². The average Bonchev–Trinajstić information content (AvgIpc) is 2.49. The summed E-state index contributed by atoms with van der Waals surface area (Å²) in [5, 5.41) is 60.8. The third-order valence-electron chi connectivity index (χ3n) is 3.50. The lowest BCUT2D eigenvalue weighted by Gasteiger charge is -2.44. The van der Waals surface area contributed by atoms with E-state index < -0.39 is 48.7 Å². The second-order valence-electron chi connectivity index (χ2n) is 4.82. The molecule has 0 amide bonds. The van der Waals surface area contributed by atoms with E-state index in [-0.39, 0.29) is 6.42 Å². The monoisotopic (exact) mass is 323 g/mol. The molecule has 6 N–H and O–H groups in total. The number of carboxylic acid groups (broad SMARTS) is 1. The number of hydrogen-bond donors (Lipinski definition) is 6. The Labute approximate surface area is 126 Å². The number of methoxy groups -OCH3 is 1. The van der Waals surface area contributed by atoms with E-state index in [0.717, 1.165) is 13.4 Å². The van der Waals surface area contributed by atoms with Gasteiger partial charge in [-0.05, 0) is 0 Å². The largest absolute Gasteiger partial charge is 0.477 e. The molecule has 1 aliphatic rings. The van der Waals surface area contributed by atoms with E-state index in [1.165, 1.54) is 0 Å². The Balaban J connectivity index is 0.00000135. The topological polar surface area (TPSA) is 181 Å². The highest BCUT2D eigenvalue weighted by molar-refractivity contribution is 5.76. The quantitative estimate of drug-likeness (QED) is 0.302. The number of nitrogens with zero attached hydrogens (tertiary/aromatic N) is 1. The molecule has 6 atom stereocenters. The van der Waals surface area contributed by atoms with E-state index in [0.29, 0.717) is 0 Å². The van der Waals surface area contributed by atoms with Crippen molar-refractivity contribution < 1.29 is 44.9 Å². The zero-order valence-electron chi connectivity index (χ0n) is 12.2. The third-order valence-corrected chi connectivity index (χ3v) is 3.50. The molecule has 10 nitrogen and oxygen atoms in total. The summed E-state index contributed by atoms with van der Waals surface area (Å²) in [7, 11) is 1.11. The van der Waals surface area contributed by atoms with Crippen LogP contribution in [0.4, 0.5) is 0 Å². The maximum absolute atomic E-state index is 11.2. The van der Waals surface area contributed by atoms with Crippen LogP contribution in [-0.4, -0.2) is 80.5 Å². The van der Waals surface area contributed by atoms with Crippen LogP contribution in [0.2, 0.25) is 0 Å². The zero-order valence-corrected chi connectivity index (χ0v) is 12.2. The van der Waals surface area contributed by atoms with Gasteiger partial charge in [0, 0.05) is 19.4 Å². The number of aliphatic hydroxyl groups is 5. The predicted molar refractivity (Wildman–Crippen MR) is 68.7 cm³/mol. The Hall–Kier alpha value is -1.48. The maximum Gasteiger partial charge on any atom is 0.364 e. The number of nitriles is 1. The second kappa shape index (κ2) is 8.84. The molecule has 22 heavy (non-hydrogen) atoms. The Kier molecular flexibility index (Phi) is 8.25. The van der Waals surface area contributed by atoms with E-state index in [1.807, 2.05) is 0 Å². The molecule has 0 radical (unpaired) electrons. The summed E-state index contributed by atoms with van der Waals surface area (Å²) in [6.07, 6.45) is -4.85. The minimum Gasteiger partial charge on any atom is -0.477 e. The van der Waals surface area contributed by atoms with Crippen molar-refractivity contribution in [2.24, 2.45) is 5.92 Å². The SMILES string of the molecule is COC1(C(=O)O)CC(O)C(C)C(C(O)C(O)CO)O1.N#CO. The minimum absolute atomic E-state index is 0.293. The molecule has 128 valence electrons. The maximum atomic E-state index is 11.2. The fourth-order valence-corrected chi connectivity index (χ4v) is 2.12. The van der Waals surface area contributed by atoms with Crippen LogP contribution in [0.3, 0.4) is 0 Å². The van der Waals surface area contributed by atoms with Crippen molar-refractivity contribution in [3.8, 4) is 6.26 Å². The highest BCUT2D eigenvalue weighted by Gasteiger charge is 2.53. The van der Waals surface area contributed by atoms with Gasteiger partial charge in [0.2, 0.25) is 0 Å². The molecule has 1 fully saturated rings. The van der Waals surface area contributed by atoms with Crippen LogP contribution in [0.1, 0.15) is 13.3 Å². The summed E-state index contributed by atoms with van der Waals surface area (Å²) in [5.41, 5.74) is 0. The molecule has 0 aromatic carbocycles. The molecular formula is C12H21NO9. The van der Waals surface area contributed by atoms with E-state index in [1.54, 1.807) is 6.92 Å². The Morgan fingerprint density at radius 1 is 1.55 bits per heavy atom. The van der Waals surface area contributed by atoms with Gasteiger partial charge in [-0.1, -0.05) is 6.92 Å². The van der Waals surface area contributed by atoms with Gasteiger partial charge in [-0.25, -0.2) is 4.79 Å². The fraction of sp³-hybridized carbons (Fsp3) is 0.833. The first-order valence-electron chi connectivity index (χ1n) is 6.35. The molecule has 1 saturated heterocycles. The second-order valence-corrected chi connectivity index (χ2v) is 4.82. The molecule has 0 aromatic heterocycles. The van der Waals surface area contributed by atoms with Gasteiger partial charge in [0.1, 0.15) is 12.2 Å². The lowest BCUT2D eigenvalue weighted by atomic mass is 9.84. The van der Waals surface area contributed by atoms with Crippen LogP contribution in [0.15, 0.2) is 0 Å². The molecule has 10 heteroatoms. The highest BCUT2D eigenvalue weighted by Crippen LogP contribution is 2.35. The number of aliphatic carboxylic acids is 1. The van der Waals surface area contributed by atoms with Gasteiger partial charge in [0.05, 0.1) is 18.8 Å². The van der Waals surface area contributed by atoms with Crippen molar-refractivity contribution in [2.45, 2.75) is 43.5 Å². The van der Waals surface area contributed by atoms with Crippen molar-refractivity contribution >= 4 is 5.97 Å². The number of rotatable bonds is 5. The van der Waals surface area contributed by atoms with Crippen LogP contribution >= 0.6 is 0 Å². The van der Waals surface area contributed by atoms with E-state index in [2.05, 4.69) is 0 Å². The van der Waals surface area contributed by atoms with Crippen LogP contribution in [0.5, 0.6) is 0 Å². The number of aliphatic hydroxyl groups excluding tert-OH is 5. The van der Waals surface area contributed by atoms with Crippen molar-refractivity contribution in [1.29, 1.82) is 5.26 Å². The zero-order chi connectivity index (χ0) is 17.5. The smallest absolute Gasteiger partial charge is 0.364 e. The van der Waals surface area contributed by atoms with Crippen molar-refractivity contribution in [3.05, 3.63) is 0 Å². The van der Waals surface area contributed by atoms with E-state index >= 15 is 0 Å². The molecule has 1 aliphatic heterocycles. The first-order chi connectivity index (χ1) is 10.2. The van der Waals surface area contributed by atoms with E-state index in [4.69, 9.17) is 30.1 Å². The molecular weight excluding hydrogens is 302 g/mol. The Morgan fingerprint density at radius 3 is 2.41 bits per heavy atom. The lowest BCUT2D eigenvalue weighted by Crippen LogP contribution is -2.60. The molecule has 1 rings (SSSR count). The van der Waals surface area contributed by atoms with Crippen molar-refractivity contribution in [2.75, 3.05) is 13.7 Å². The normalized spacial score (nSPS) is 33.8. The van der Waals surface area contributed by atoms with Gasteiger partial charge in [0.15, 0.2) is 0 Å². The van der Waals surface area contributed by atoms with Gasteiger partial charge >= 0.3 is 5.97 Å². The van der Waals surface area contributed by atoms with Gasteiger partial charge < -0.3 is 40.1 Å². The van der Waals surface area contributed by atoms with Crippen molar-refractivity contribution in [1.82, 2.24) is 0 Å². The number of hydrogen-bond acceptors (Lipinski definition) is 9.